The number of hydrogen-bond donors (Lipinski definition) is 0. The number of fused-ring (bicyclic) bond motifs is 6. The standard InChI is InChI=1S/C22H14F9N3O3/c23-19(24,20(25,26)21(27,28)22(29,30)31)17(36)32-9-11-8-14(32)15-16(35)34(18(37)33(11)15)13-7-3-5-10-4-1-2-6-12(10)13/h1-7,11,14-15H,8-9H2/t11-,14?,15-/m1/s1. The van der Waals surface area contributed by atoms with Crippen LogP contribution >= 0.6 is 0 Å². The van der Waals surface area contributed by atoms with Crippen molar-refractivity contribution in [2.45, 2.75) is 48.5 Å². The molecule has 6 nitrogen and oxygen atoms in total. The Kier molecular flexibility index (Phi) is 5.10. The molecule has 0 N–H and O–H groups in total. The zero-order valence-corrected chi connectivity index (χ0v) is 18.2. The number of hydrogen-bond acceptors (Lipinski definition) is 3. The van der Waals surface area contributed by atoms with Crippen LogP contribution in [0.1, 0.15) is 6.42 Å². The second-order valence-electron chi connectivity index (χ2n) is 8.94. The van der Waals surface area contributed by atoms with E-state index in [0.717, 1.165) is 9.80 Å². The number of rotatable bonds is 4. The molecule has 0 aliphatic carbocycles. The summed E-state index contributed by atoms with van der Waals surface area (Å²) in [7, 11) is 0. The number of carbonyl (C=O) groups excluding carboxylic acids is 3. The van der Waals surface area contributed by atoms with Gasteiger partial charge in [-0.3, -0.25) is 9.59 Å². The van der Waals surface area contributed by atoms with Crippen molar-refractivity contribution < 1.29 is 53.9 Å². The number of alkyl halides is 9. The van der Waals surface area contributed by atoms with Crippen molar-refractivity contribution in [2.75, 3.05) is 11.4 Å². The second kappa shape index (κ2) is 7.51. The third kappa shape index (κ3) is 3.11. The first-order chi connectivity index (χ1) is 17.0. The maximum atomic E-state index is 14.3. The largest absolute Gasteiger partial charge is 0.460 e. The van der Waals surface area contributed by atoms with E-state index in [1.54, 1.807) is 30.3 Å². The van der Waals surface area contributed by atoms with Crippen LogP contribution in [0.2, 0.25) is 0 Å². The van der Waals surface area contributed by atoms with Gasteiger partial charge in [-0.15, -0.1) is 0 Å². The Labute approximate surface area is 201 Å². The Hall–Kier alpha value is -3.52. The quantitative estimate of drug-likeness (QED) is 0.427. The highest BCUT2D eigenvalue weighted by Gasteiger charge is 2.84. The van der Waals surface area contributed by atoms with Crippen LogP contribution in [0, 0.1) is 0 Å². The van der Waals surface area contributed by atoms with E-state index in [1.807, 2.05) is 0 Å². The fraction of sp³-hybridized carbons (Fsp3) is 0.409. The number of imide groups is 1. The molecule has 3 saturated heterocycles. The van der Waals surface area contributed by atoms with E-state index < -0.39 is 66.5 Å². The fourth-order valence-electron chi connectivity index (χ4n) is 5.21. The van der Waals surface area contributed by atoms with Gasteiger partial charge in [0.2, 0.25) is 0 Å². The van der Waals surface area contributed by atoms with E-state index >= 15 is 0 Å². The number of benzene rings is 2. The fourth-order valence-corrected chi connectivity index (χ4v) is 5.21. The van der Waals surface area contributed by atoms with Crippen LogP contribution in [0.15, 0.2) is 42.5 Å². The summed E-state index contributed by atoms with van der Waals surface area (Å²) < 4.78 is 120. The number of urea groups is 1. The topological polar surface area (TPSA) is 60.9 Å². The summed E-state index contributed by atoms with van der Waals surface area (Å²) in [5.74, 6) is -24.8. The lowest BCUT2D eigenvalue weighted by molar-refractivity contribution is -0.389. The summed E-state index contributed by atoms with van der Waals surface area (Å²) in [6.07, 6.45) is -7.40. The Bertz CT molecular complexity index is 1320. The summed E-state index contributed by atoms with van der Waals surface area (Å²) in [6, 6.07) is 6.03. The van der Waals surface area contributed by atoms with Gasteiger partial charge in [-0.05, 0) is 17.9 Å². The average molecular weight is 539 g/mol. The van der Waals surface area contributed by atoms with Crippen molar-refractivity contribution in [1.29, 1.82) is 0 Å². The Balaban J connectivity index is 1.47. The van der Waals surface area contributed by atoms with Crippen LogP contribution < -0.4 is 4.90 Å². The Morgan fingerprint density at radius 2 is 1.46 bits per heavy atom. The Morgan fingerprint density at radius 3 is 2.11 bits per heavy atom. The normalized spacial score (nSPS) is 24.5. The van der Waals surface area contributed by atoms with Crippen LogP contribution in [0.5, 0.6) is 0 Å². The molecule has 3 fully saturated rings. The highest BCUT2D eigenvalue weighted by atomic mass is 19.4. The predicted molar refractivity (Wildman–Crippen MR) is 107 cm³/mol. The molecule has 0 saturated carbocycles. The van der Waals surface area contributed by atoms with Gasteiger partial charge in [0.1, 0.15) is 6.04 Å². The van der Waals surface area contributed by atoms with Crippen molar-refractivity contribution in [1.82, 2.24) is 9.80 Å². The van der Waals surface area contributed by atoms with E-state index in [0.29, 0.717) is 10.8 Å². The number of likely N-dealkylation sites (tertiary alicyclic amines) is 1. The summed E-state index contributed by atoms with van der Waals surface area (Å²) in [5, 5.41) is 1.11. The minimum Gasteiger partial charge on any atom is -0.330 e. The first kappa shape index (κ1) is 25.1. The maximum Gasteiger partial charge on any atom is 0.460 e. The van der Waals surface area contributed by atoms with E-state index in [-0.39, 0.29) is 17.0 Å². The minimum absolute atomic E-state index is 0.00994. The zero-order chi connectivity index (χ0) is 27.3. The molecule has 4 amide bonds. The molecule has 3 aliphatic heterocycles. The number of carbonyl (C=O) groups is 3. The van der Waals surface area contributed by atoms with Crippen LogP contribution in [0.4, 0.5) is 50.0 Å². The monoisotopic (exact) mass is 539 g/mol. The zero-order valence-electron chi connectivity index (χ0n) is 18.2. The molecule has 2 aromatic carbocycles. The maximum absolute atomic E-state index is 14.3. The van der Waals surface area contributed by atoms with Crippen molar-refractivity contribution >= 4 is 34.3 Å². The number of halogens is 9. The highest BCUT2D eigenvalue weighted by Crippen LogP contribution is 2.54. The van der Waals surface area contributed by atoms with E-state index in [4.69, 9.17) is 0 Å². The van der Waals surface area contributed by atoms with Crippen molar-refractivity contribution in [3.63, 3.8) is 0 Å². The van der Waals surface area contributed by atoms with Gasteiger partial charge in [0.25, 0.3) is 11.8 Å². The molecular weight excluding hydrogens is 525 g/mol. The first-order valence-corrected chi connectivity index (χ1v) is 10.7. The average Bonchev–Trinajstić information content (AvgIpc) is 3.48. The summed E-state index contributed by atoms with van der Waals surface area (Å²) >= 11 is 0. The third-order valence-electron chi connectivity index (χ3n) is 6.95. The lowest BCUT2D eigenvalue weighted by Crippen LogP contribution is -2.67. The van der Waals surface area contributed by atoms with Crippen LogP contribution in [-0.4, -0.2) is 76.3 Å². The molecule has 3 aliphatic rings. The smallest absolute Gasteiger partial charge is 0.330 e. The van der Waals surface area contributed by atoms with E-state index in [9.17, 15) is 53.9 Å². The van der Waals surface area contributed by atoms with Crippen molar-refractivity contribution in [3.05, 3.63) is 42.5 Å². The molecule has 37 heavy (non-hydrogen) atoms. The van der Waals surface area contributed by atoms with Gasteiger partial charge >= 0.3 is 30.0 Å². The van der Waals surface area contributed by atoms with Gasteiger partial charge in [-0.2, -0.15) is 39.5 Å². The second-order valence-corrected chi connectivity index (χ2v) is 8.94. The lowest BCUT2D eigenvalue weighted by atomic mass is 10.0. The van der Waals surface area contributed by atoms with Gasteiger partial charge in [-0.25, -0.2) is 9.69 Å². The summed E-state index contributed by atoms with van der Waals surface area (Å²) in [6.45, 7) is -0.855. The van der Waals surface area contributed by atoms with Gasteiger partial charge < -0.3 is 9.80 Å². The molecule has 198 valence electrons. The molecule has 3 atom stereocenters. The highest BCUT2D eigenvalue weighted by molar-refractivity contribution is 6.25. The molecule has 3 heterocycles. The predicted octanol–water partition coefficient (Wildman–Crippen LogP) is 4.43. The lowest BCUT2D eigenvalue weighted by Gasteiger charge is -2.39. The Morgan fingerprint density at radius 1 is 0.838 bits per heavy atom. The molecule has 5 rings (SSSR count). The number of nitrogens with zero attached hydrogens (tertiary/aromatic N) is 3. The van der Waals surface area contributed by atoms with E-state index in [2.05, 4.69) is 0 Å². The SMILES string of the molecule is O=C1[C@H]2C3C[C@H](CN3C(=O)C(F)(F)C(F)(F)C(F)(F)C(F)(F)F)N2C(=O)N1c1cccc2ccccc12. The molecule has 0 spiro atoms. The molecule has 1 unspecified atom stereocenters. The van der Waals surface area contributed by atoms with Crippen molar-refractivity contribution in [2.24, 2.45) is 0 Å². The molecular formula is C22H14F9N3O3. The molecule has 15 heteroatoms. The first-order valence-electron chi connectivity index (χ1n) is 10.7. The number of anilines is 1. The summed E-state index contributed by atoms with van der Waals surface area (Å²) in [5.41, 5.74) is 0.126. The number of piperazine rings is 1. The van der Waals surface area contributed by atoms with Gasteiger partial charge in [-0.1, -0.05) is 36.4 Å². The van der Waals surface area contributed by atoms with Crippen LogP contribution in [0.25, 0.3) is 10.8 Å². The van der Waals surface area contributed by atoms with Gasteiger partial charge in [0.15, 0.2) is 0 Å². The molecule has 0 aromatic heterocycles. The van der Waals surface area contributed by atoms with Gasteiger partial charge in [0, 0.05) is 11.9 Å². The van der Waals surface area contributed by atoms with Crippen molar-refractivity contribution in [3.8, 4) is 0 Å². The van der Waals surface area contributed by atoms with E-state index in [1.165, 1.54) is 12.1 Å². The van der Waals surface area contributed by atoms with Gasteiger partial charge in [0.05, 0.1) is 17.8 Å². The van der Waals surface area contributed by atoms with Crippen LogP contribution in [-0.2, 0) is 9.59 Å². The molecule has 0 radical (unpaired) electrons. The molecule has 2 aromatic rings. The molecule has 2 bridgehead atoms. The summed E-state index contributed by atoms with van der Waals surface area (Å²) in [4.78, 5) is 40.5. The number of amides is 4. The third-order valence-corrected chi connectivity index (χ3v) is 6.95. The van der Waals surface area contributed by atoms with Crippen LogP contribution in [0.3, 0.4) is 0 Å². The minimum atomic E-state index is -7.23.